The monoisotopic (exact) mass is 630 g/mol. The highest BCUT2D eigenvalue weighted by molar-refractivity contribution is 7.09. The number of esters is 1. The second kappa shape index (κ2) is 13.4. The van der Waals surface area contributed by atoms with Crippen molar-refractivity contribution in [3.8, 4) is 23.1 Å². The van der Waals surface area contributed by atoms with E-state index in [-0.39, 0.29) is 28.2 Å². The van der Waals surface area contributed by atoms with Gasteiger partial charge in [-0.2, -0.15) is 0 Å². The largest absolute Gasteiger partial charge is 0.494 e. The van der Waals surface area contributed by atoms with E-state index in [1.54, 1.807) is 6.07 Å². The van der Waals surface area contributed by atoms with Gasteiger partial charge in [0.25, 0.3) is 0 Å². The minimum atomic E-state index is -0.366. The van der Waals surface area contributed by atoms with Crippen molar-refractivity contribution >= 4 is 23.0 Å². The first kappa shape index (κ1) is 32.2. The third-order valence-electron chi connectivity index (χ3n) is 8.15. The summed E-state index contributed by atoms with van der Waals surface area (Å²) in [6, 6.07) is 17.3. The van der Waals surface area contributed by atoms with E-state index in [9.17, 15) is 14.7 Å². The minimum absolute atomic E-state index is 0.0616. The topological polar surface area (TPSA) is 101 Å². The highest BCUT2D eigenvalue weighted by atomic mass is 32.1. The fourth-order valence-corrected chi connectivity index (χ4v) is 6.34. The Morgan fingerprint density at radius 3 is 2.56 bits per heavy atom. The molecule has 0 saturated carbocycles. The van der Waals surface area contributed by atoms with E-state index in [4.69, 9.17) is 14.2 Å². The normalized spacial score (nSPS) is 14.4. The Morgan fingerprint density at radius 2 is 1.89 bits per heavy atom. The summed E-state index contributed by atoms with van der Waals surface area (Å²) in [7, 11) is 3.89. The molecule has 45 heavy (non-hydrogen) atoms. The van der Waals surface area contributed by atoms with Crippen molar-refractivity contribution in [2.45, 2.75) is 71.3 Å². The fourth-order valence-electron chi connectivity index (χ4n) is 5.58. The zero-order valence-corrected chi connectivity index (χ0v) is 27.7. The molecular weight excluding hydrogens is 588 g/mol. The van der Waals surface area contributed by atoms with Crippen LogP contribution in [0.15, 0.2) is 59.4 Å². The van der Waals surface area contributed by atoms with Crippen LogP contribution in [0.4, 0.5) is 5.69 Å². The van der Waals surface area contributed by atoms with Gasteiger partial charge in [0.2, 0.25) is 5.88 Å². The fraction of sp³-hybridized carbons (Fsp3) is 0.389. The van der Waals surface area contributed by atoms with Crippen molar-refractivity contribution in [3.63, 3.8) is 0 Å². The number of aromatic nitrogens is 1. The Bertz CT molecular complexity index is 1720. The SMILES string of the molecule is Cc1c2c(cc(C(C)(C)C)c1OC(=O)c1cccc(N(C)C)c1)OC(CCCOc1ccc(Cc3sc(=O)[nH]c3O)cc1)CC2. The molecule has 0 spiro atoms. The molecule has 1 aliphatic rings. The van der Waals surface area contributed by atoms with Crippen LogP contribution >= 0.6 is 11.3 Å². The summed E-state index contributed by atoms with van der Waals surface area (Å²) in [5.74, 6) is 1.85. The summed E-state index contributed by atoms with van der Waals surface area (Å²) in [6.07, 6.45) is 4.02. The Balaban J connectivity index is 1.20. The van der Waals surface area contributed by atoms with Gasteiger partial charge in [0.15, 0.2) is 0 Å². The van der Waals surface area contributed by atoms with Crippen LogP contribution in [0.25, 0.3) is 0 Å². The molecule has 2 heterocycles. The molecule has 4 aromatic rings. The molecule has 238 valence electrons. The average molecular weight is 631 g/mol. The molecule has 0 radical (unpaired) electrons. The smallest absolute Gasteiger partial charge is 0.343 e. The van der Waals surface area contributed by atoms with Gasteiger partial charge in [-0.1, -0.05) is 50.3 Å². The molecule has 8 nitrogen and oxygen atoms in total. The van der Waals surface area contributed by atoms with E-state index < -0.39 is 0 Å². The standard InChI is InChI=1S/C36H42N2O6S/c1-22-28-17-16-27(11-8-18-42-26-14-12-23(13-15-26)19-31-33(39)37-35(41)45-31)43-30(28)21-29(36(2,3)4)32(22)44-34(40)24-9-7-10-25(20-24)38(5)6/h7,9-10,12-15,20-21,27,39H,8,11,16-19H2,1-6H3,(H,37,41). The number of fused-ring (bicyclic) bond motifs is 1. The molecule has 3 aromatic carbocycles. The molecule has 0 bridgehead atoms. The number of nitrogens with zero attached hydrogens (tertiary/aromatic N) is 1. The molecule has 0 saturated heterocycles. The molecule has 0 amide bonds. The minimum Gasteiger partial charge on any atom is -0.494 e. The van der Waals surface area contributed by atoms with Gasteiger partial charge in [0.1, 0.15) is 17.2 Å². The summed E-state index contributed by atoms with van der Waals surface area (Å²) < 4.78 is 18.6. The van der Waals surface area contributed by atoms with Crippen LogP contribution in [0.5, 0.6) is 23.1 Å². The van der Waals surface area contributed by atoms with Crippen molar-refractivity contribution in [1.29, 1.82) is 0 Å². The van der Waals surface area contributed by atoms with Crippen LogP contribution in [-0.2, 0) is 18.3 Å². The lowest BCUT2D eigenvalue weighted by Crippen LogP contribution is -2.26. The third kappa shape index (κ3) is 7.71. The molecule has 1 aromatic heterocycles. The van der Waals surface area contributed by atoms with E-state index in [1.165, 1.54) is 0 Å². The summed E-state index contributed by atoms with van der Waals surface area (Å²) in [5, 5.41) is 9.82. The maximum absolute atomic E-state index is 13.3. The number of carbonyl (C=O) groups excluding carboxylic acids is 1. The number of hydrogen-bond acceptors (Lipinski definition) is 8. The summed E-state index contributed by atoms with van der Waals surface area (Å²) >= 11 is 1.02. The lowest BCUT2D eigenvalue weighted by atomic mass is 9.82. The number of carbonyl (C=O) groups is 1. The van der Waals surface area contributed by atoms with Crippen LogP contribution < -0.4 is 24.0 Å². The van der Waals surface area contributed by atoms with Crippen molar-refractivity contribution in [3.05, 3.63) is 97.0 Å². The molecule has 1 unspecified atom stereocenters. The highest BCUT2D eigenvalue weighted by Gasteiger charge is 2.30. The molecule has 0 aliphatic carbocycles. The number of H-pyrrole nitrogens is 1. The van der Waals surface area contributed by atoms with E-state index in [1.807, 2.05) is 68.4 Å². The van der Waals surface area contributed by atoms with Crippen molar-refractivity contribution in [1.82, 2.24) is 4.98 Å². The lowest BCUT2D eigenvalue weighted by Gasteiger charge is -2.32. The highest BCUT2D eigenvalue weighted by Crippen LogP contribution is 2.43. The number of anilines is 1. The van der Waals surface area contributed by atoms with Crippen LogP contribution in [-0.4, -0.2) is 42.9 Å². The molecule has 5 rings (SSSR count). The summed E-state index contributed by atoms with van der Waals surface area (Å²) in [6.45, 7) is 8.96. The third-order valence-corrected chi connectivity index (χ3v) is 9.02. The Labute approximate surface area is 268 Å². The van der Waals surface area contributed by atoms with Crippen molar-refractivity contribution in [2.75, 3.05) is 25.6 Å². The van der Waals surface area contributed by atoms with Gasteiger partial charge in [-0.25, -0.2) is 4.79 Å². The summed E-state index contributed by atoms with van der Waals surface area (Å²) in [4.78, 5) is 29.4. The quantitative estimate of drug-likeness (QED) is 0.109. The molecule has 0 fully saturated rings. The van der Waals surface area contributed by atoms with Crippen LogP contribution in [0.2, 0.25) is 0 Å². The van der Waals surface area contributed by atoms with Gasteiger partial charge >= 0.3 is 10.8 Å². The Kier molecular flexibility index (Phi) is 9.58. The first-order valence-corrected chi connectivity index (χ1v) is 16.2. The molecule has 1 aliphatic heterocycles. The van der Waals surface area contributed by atoms with Gasteiger partial charge in [0, 0.05) is 37.3 Å². The van der Waals surface area contributed by atoms with Gasteiger partial charge in [-0.3, -0.25) is 9.78 Å². The second-order valence-electron chi connectivity index (χ2n) is 12.8. The first-order valence-electron chi connectivity index (χ1n) is 15.3. The molecule has 1 atom stereocenters. The number of nitrogens with one attached hydrogen (secondary N) is 1. The zero-order chi connectivity index (χ0) is 32.3. The summed E-state index contributed by atoms with van der Waals surface area (Å²) in [5.41, 5.74) is 5.19. The van der Waals surface area contributed by atoms with E-state index in [2.05, 4.69) is 31.8 Å². The lowest BCUT2D eigenvalue weighted by molar-refractivity contribution is 0.0729. The van der Waals surface area contributed by atoms with Gasteiger partial charge in [0.05, 0.1) is 23.2 Å². The number of ether oxygens (including phenoxy) is 3. The molecular formula is C36H42N2O6S. The van der Waals surface area contributed by atoms with Crippen LogP contribution in [0.1, 0.15) is 77.5 Å². The molecule has 2 N–H and O–H groups in total. The number of benzene rings is 3. The number of aromatic hydroxyl groups is 1. The van der Waals surface area contributed by atoms with E-state index >= 15 is 0 Å². The number of thiazole rings is 1. The number of aromatic amines is 1. The number of rotatable bonds is 10. The van der Waals surface area contributed by atoms with E-state index in [0.717, 1.165) is 76.5 Å². The van der Waals surface area contributed by atoms with Crippen LogP contribution in [0, 0.1) is 6.92 Å². The predicted octanol–water partition coefficient (Wildman–Crippen LogP) is 7.18. The van der Waals surface area contributed by atoms with Gasteiger partial charge in [-0.15, -0.1) is 0 Å². The second-order valence-corrected chi connectivity index (χ2v) is 13.9. The van der Waals surface area contributed by atoms with Crippen LogP contribution in [0.3, 0.4) is 0 Å². The average Bonchev–Trinajstić information content (AvgIpc) is 3.32. The first-order chi connectivity index (χ1) is 21.4. The maximum Gasteiger partial charge on any atom is 0.343 e. The van der Waals surface area contributed by atoms with Gasteiger partial charge < -0.3 is 24.2 Å². The zero-order valence-electron chi connectivity index (χ0n) is 26.9. The number of hydrogen-bond donors (Lipinski definition) is 2. The van der Waals surface area contributed by atoms with E-state index in [0.29, 0.717) is 29.2 Å². The predicted molar refractivity (Wildman–Crippen MR) is 179 cm³/mol. The van der Waals surface area contributed by atoms with Crippen molar-refractivity contribution < 1.29 is 24.1 Å². The molecule has 9 heteroatoms. The maximum atomic E-state index is 13.3. The Morgan fingerprint density at radius 1 is 1.13 bits per heavy atom. The Hall–Kier alpha value is -4.24. The van der Waals surface area contributed by atoms with Crippen molar-refractivity contribution in [2.24, 2.45) is 0 Å². The van der Waals surface area contributed by atoms with Gasteiger partial charge in [-0.05, 0) is 85.5 Å².